The number of hydrogen-bond acceptors (Lipinski definition) is 4. The predicted octanol–water partition coefficient (Wildman–Crippen LogP) is 0.887. The molecule has 1 saturated carbocycles. The molecule has 4 rings (SSSR count). The van der Waals surface area contributed by atoms with Crippen LogP contribution >= 0.6 is 0 Å². The van der Waals surface area contributed by atoms with Gasteiger partial charge < -0.3 is 15.1 Å². The van der Waals surface area contributed by atoms with Crippen molar-refractivity contribution in [1.82, 2.24) is 24.9 Å². The van der Waals surface area contributed by atoms with Crippen molar-refractivity contribution in [3.05, 3.63) is 18.5 Å². The van der Waals surface area contributed by atoms with Crippen LogP contribution in [0.25, 0.3) is 0 Å². The normalized spacial score (nSPS) is 22.9. The molecule has 1 N–H and O–H groups in total. The molecule has 8 heteroatoms. The first-order valence-electron chi connectivity index (χ1n) is 10.9. The van der Waals surface area contributed by atoms with Gasteiger partial charge in [-0.05, 0) is 43.6 Å². The fourth-order valence-corrected chi connectivity index (χ4v) is 4.31. The average Bonchev–Trinajstić information content (AvgIpc) is 3.27. The van der Waals surface area contributed by atoms with Gasteiger partial charge in [0.1, 0.15) is 0 Å². The number of hydrogen-bond donors (Lipinski definition) is 1. The molecule has 2 saturated heterocycles. The number of nitrogens with zero attached hydrogens (tertiary/aromatic N) is 4. The van der Waals surface area contributed by atoms with Gasteiger partial charge in [-0.3, -0.25) is 19.1 Å². The summed E-state index contributed by atoms with van der Waals surface area (Å²) in [4.78, 5) is 40.8. The van der Waals surface area contributed by atoms with Gasteiger partial charge in [0.2, 0.25) is 17.7 Å². The average molecular weight is 402 g/mol. The molecule has 1 atom stereocenters. The van der Waals surface area contributed by atoms with Crippen LogP contribution in [0.4, 0.5) is 0 Å². The van der Waals surface area contributed by atoms with E-state index in [2.05, 4.69) is 10.4 Å². The van der Waals surface area contributed by atoms with E-state index in [1.807, 2.05) is 22.1 Å². The first-order valence-corrected chi connectivity index (χ1v) is 10.9. The Morgan fingerprint density at radius 3 is 2.62 bits per heavy atom. The van der Waals surface area contributed by atoms with E-state index in [0.29, 0.717) is 44.3 Å². The molecule has 0 radical (unpaired) electrons. The Hall–Kier alpha value is -2.38. The molecule has 158 valence electrons. The molecular weight excluding hydrogens is 370 g/mol. The lowest BCUT2D eigenvalue weighted by atomic mass is 9.96. The zero-order valence-corrected chi connectivity index (χ0v) is 17.0. The van der Waals surface area contributed by atoms with Crippen LogP contribution in [0.2, 0.25) is 0 Å². The third-order valence-electron chi connectivity index (χ3n) is 6.41. The highest BCUT2D eigenvalue weighted by Gasteiger charge is 2.36. The summed E-state index contributed by atoms with van der Waals surface area (Å²) < 4.78 is 1.78. The van der Waals surface area contributed by atoms with Crippen LogP contribution in [0.5, 0.6) is 0 Å². The molecule has 3 fully saturated rings. The van der Waals surface area contributed by atoms with Crippen molar-refractivity contribution in [3.63, 3.8) is 0 Å². The monoisotopic (exact) mass is 401 g/mol. The summed E-state index contributed by atoms with van der Waals surface area (Å²) in [5, 5.41) is 7.13. The van der Waals surface area contributed by atoms with Crippen LogP contribution in [0, 0.1) is 17.8 Å². The molecule has 8 nitrogen and oxygen atoms in total. The number of aromatic nitrogens is 2. The lowest BCUT2D eigenvalue weighted by molar-refractivity contribution is -0.134. The van der Waals surface area contributed by atoms with Gasteiger partial charge in [-0.25, -0.2) is 0 Å². The highest BCUT2D eigenvalue weighted by molar-refractivity contribution is 5.89. The summed E-state index contributed by atoms with van der Waals surface area (Å²) in [7, 11) is 0. The van der Waals surface area contributed by atoms with Gasteiger partial charge >= 0.3 is 0 Å². The molecule has 1 aromatic rings. The van der Waals surface area contributed by atoms with Crippen LogP contribution in [0.1, 0.15) is 38.5 Å². The predicted molar refractivity (Wildman–Crippen MR) is 107 cm³/mol. The molecule has 0 aromatic carbocycles. The Morgan fingerprint density at radius 1 is 1.14 bits per heavy atom. The van der Waals surface area contributed by atoms with Crippen LogP contribution in [-0.4, -0.2) is 70.0 Å². The van der Waals surface area contributed by atoms with E-state index in [-0.39, 0.29) is 23.6 Å². The molecule has 1 aromatic heterocycles. The lowest BCUT2D eigenvalue weighted by Gasteiger charge is -2.34. The van der Waals surface area contributed by atoms with Crippen molar-refractivity contribution >= 4 is 17.7 Å². The largest absolute Gasteiger partial charge is 0.356 e. The number of piperidine rings is 1. The molecule has 0 bridgehead atoms. The van der Waals surface area contributed by atoms with Crippen molar-refractivity contribution in [1.29, 1.82) is 0 Å². The van der Waals surface area contributed by atoms with E-state index < -0.39 is 0 Å². The van der Waals surface area contributed by atoms with Crippen molar-refractivity contribution < 1.29 is 14.4 Å². The first kappa shape index (κ1) is 19.9. The Morgan fingerprint density at radius 2 is 1.93 bits per heavy atom. The van der Waals surface area contributed by atoms with Gasteiger partial charge in [0.15, 0.2) is 0 Å². The zero-order valence-electron chi connectivity index (χ0n) is 17.0. The van der Waals surface area contributed by atoms with Gasteiger partial charge in [0, 0.05) is 64.5 Å². The van der Waals surface area contributed by atoms with Gasteiger partial charge in [0.05, 0.1) is 5.92 Å². The van der Waals surface area contributed by atoms with E-state index >= 15 is 0 Å². The Labute approximate surface area is 171 Å². The SMILES string of the molecule is O=C(NCC1CC1)C1CC(=O)N(CC2CCN(C(=O)CCn3cccn3)CC2)C1. The van der Waals surface area contributed by atoms with Gasteiger partial charge in [-0.15, -0.1) is 0 Å². The zero-order chi connectivity index (χ0) is 20.2. The van der Waals surface area contributed by atoms with E-state index in [0.717, 1.165) is 32.5 Å². The lowest BCUT2D eigenvalue weighted by Crippen LogP contribution is -2.42. The molecule has 3 aliphatic rings. The quantitative estimate of drug-likeness (QED) is 0.701. The summed E-state index contributed by atoms with van der Waals surface area (Å²) in [6.07, 6.45) is 8.63. The summed E-state index contributed by atoms with van der Waals surface area (Å²) >= 11 is 0. The molecule has 3 amide bonds. The first-order chi connectivity index (χ1) is 14.1. The Kier molecular flexibility index (Phi) is 6.16. The third-order valence-corrected chi connectivity index (χ3v) is 6.41. The van der Waals surface area contributed by atoms with E-state index in [1.54, 1.807) is 10.9 Å². The summed E-state index contributed by atoms with van der Waals surface area (Å²) in [6.45, 7) is 4.11. The summed E-state index contributed by atoms with van der Waals surface area (Å²) in [5.74, 6) is 1.15. The van der Waals surface area contributed by atoms with Gasteiger partial charge in [-0.2, -0.15) is 5.10 Å². The number of rotatable bonds is 8. The van der Waals surface area contributed by atoms with Crippen molar-refractivity contribution in [2.75, 3.05) is 32.7 Å². The van der Waals surface area contributed by atoms with E-state index in [4.69, 9.17) is 0 Å². The number of likely N-dealkylation sites (tertiary alicyclic amines) is 2. The maximum absolute atomic E-state index is 12.4. The van der Waals surface area contributed by atoms with Crippen molar-refractivity contribution in [2.24, 2.45) is 17.8 Å². The van der Waals surface area contributed by atoms with Crippen LogP contribution in [0.15, 0.2) is 18.5 Å². The molecule has 1 unspecified atom stereocenters. The fraction of sp³-hybridized carbons (Fsp3) is 0.714. The fourth-order valence-electron chi connectivity index (χ4n) is 4.31. The highest BCUT2D eigenvalue weighted by Crippen LogP contribution is 2.28. The molecule has 0 spiro atoms. The molecule has 2 aliphatic heterocycles. The number of amides is 3. The van der Waals surface area contributed by atoms with E-state index in [1.165, 1.54) is 12.8 Å². The van der Waals surface area contributed by atoms with Crippen molar-refractivity contribution in [3.8, 4) is 0 Å². The number of aryl methyl sites for hydroxylation is 1. The van der Waals surface area contributed by atoms with Gasteiger partial charge in [-0.1, -0.05) is 0 Å². The second-order valence-corrected chi connectivity index (χ2v) is 8.73. The standard InChI is InChI=1S/C21H31N5O3/c27-19(6-11-26-8-1-7-23-26)24-9-4-17(5-10-24)14-25-15-18(12-20(25)28)21(29)22-13-16-2-3-16/h1,7-8,16-18H,2-6,9-15H2,(H,22,29). The maximum Gasteiger partial charge on any atom is 0.225 e. The van der Waals surface area contributed by atoms with Crippen LogP contribution in [0.3, 0.4) is 0 Å². The van der Waals surface area contributed by atoms with Crippen molar-refractivity contribution in [2.45, 2.75) is 45.1 Å². The molecule has 1 aliphatic carbocycles. The minimum Gasteiger partial charge on any atom is -0.356 e. The molecule has 29 heavy (non-hydrogen) atoms. The third kappa shape index (κ3) is 5.36. The number of carbonyl (C=O) groups is 3. The number of nitrogens with one attached hydrogen (secondary N) is 1. The van der Waals surface area contributed by atoms with Crippen LogP contribution in [-0.2, 0) is 20.9 Å². The van der Waals surface area contributed by atoms with Gasteiger partial charge in [0.25, 0.3) is 0 Å². The minimum absolute atomic E-state index is 0.0327. The van der Waals surface area contributed by atoms with E-state index in [9.17, 15) is 14.4 Å². The summed E-state index contributed by atoms with van der Waals surface area (Å²) in [6, 6.07) is 1.86. The second-order valence-electron chi connectivity index (χ2n) is 8.73. The van der Waals surface area contributed by atoms with Crippen LogP contribution < -0.4 is 5.32 Å². The molecule has 3 heterocycles. The summed E-state index contributed by atoms with van der Waals surface area (Å²) in [5.41, 5.74) is 0. The highest BCUT2D eigenvalue weighted by atomic mass is 16.2. The maximum atomic E-state index is 12.4. The number of carbonyl (C=O) groups excluding carboxylic acids is 3. The Bertz CT molecular complexity index is 723. The second kappa shape index (κ2) is 8.97. The molecular formula is C21H31N5O3. The topological polar surface area (TPSA) is 87.5 Å². The Balaban J connectivity index is 1.16. The smallest absolute Gasteiger partial charge is 0.225 e. The minimum atomic E-state index is -0.204.